The van der Waals surface area contributed by atoms with Gasteiger partial charge in [-0.25, -0.2) is 0 Å². The number of likely N-dealkylation sites (N-methyl/N-ethyl adjacent to an activating group) is 1. The van der Waals surface area contributed by atoms with E-state index in [2.05, 4.69) is 10.2 Å². The van der Waals surface area contributed by atoms with Crippen LogP contribution in [-0.2, 0) is 23.9 Å². The van der Waals surface area contributed by atoms with Crippen LogP contribution in [0, 0.1) is 5.92 Å². The number of benzene rings is 1. The fourth-order valence-electron chi connectivity index (χ4n) is 3.60. The average Bonchev–Trinajstić information content (AvgIpc) is 3.28. The molecule has 2 fully saturated rings. The first-order valence-corrected chi connectivity index (χ1v) is 10.2. The summed E-state index contributed by atoms with van der Waals surface area (Å²) in [6.45, 7) is 2.70. The number of ether oxygens (including phenoxy) is 2. The number of nitrogens with zero attached hydrogens (tertiary/aromatic N) is 2. The lowest BCUT2D eigenvalue weighted by atomic mass is 10.1. The van der Waals surface area contributed by atoms with Crippen LogP contribution in [0.3, 0.4) is 0 Å². The number of nitrogens with one attached hydrogen (secondary N) is 1. The molecule has 1 aromatic carbocycles. The fourth-order valence-corrected chi connectivity index (χ4v) is 3.60. The van der Waals surface area contributed by atoms with Gasteiger partial charge in [-0.05, 0) is 37.1 Å². The number of morpholine rings is 1. The lowest BCUT2D eigenvalue weighted by molar-refractivity contribution is -0.155. The van der Waals surface area contributed by atoms with Crippen molar-refractivity contribution >= 4 is 29.2 Å². The first-order valence-electron chi connectivity index (χ1n) is 10.2. The molecule has 158 valence electrons. The molecule has 8 nitrogen and oxygen atoms in total. The Balaban J connectivity index is 1.40. The molecule has 1 saturated heterocycles. The van der Waals surface area contributed by atoms with Gasteiger partial charge in [0, 0.05) is 31.5 Å². The van der Waals surface area contributed by atoms with Gasteiger partial charge >= 0.3 is 5.97 Å². The monoisotopic (exact) mass is 403 g/mol. The molecule has 0 spiro atoms. The molecule has 1 N–H and O–H groups in total. The lowest BCUT2D eigenvalue weighted by Crippen LogP contribution is -2.37. The quantitative estimate of drug-likeness (QED) is 0.697. The second kappa shape index (κ2) is 10.2. The second-order valence-electron chi connectivity index (χ2n) is 7.53. The van der Waals surface area contributed by atoms with Gasteiger partial charge in [-0.3, -0.25) is 14.4 Å². The number of hydrogen-bond donors (Lipinski definition) is 1. The molecule has 0 aromatic heterocycles. The van der Waals surface area contributed by atoms with Gasteiger partial charge in [-0.1, -0.05) is 12.8 Å². The van der Waals surface area contributed by atoms with Crippen LogP contribution in [-0.4, -0.2) is 69.2 Å². The van der Waals surface area contributed by atoms with E-state index in [1.54, 1.807) is 0 Å². The van der Waals surface area contributed by atoms with Gasteiger partial charge < -0.3 is 24.6 Å². The van der Waals surface area contributed by atoms with Gasteiger partial charge in [0.25, 0.3) is 5.91 Å². The van der Waals surface area contributed by atoms with Crippen molar-refractivity contribution in [1.82, 2.24) is 4.90 Å². The van der Waals surface area contributed by atoms with Crippen LogP contribution in [0.15, 0.2) is 24.3 Å². The Morgan fingerprint density at radius 3 is 2.45 bits per heavy atom. The highest BCUT2D eigenvalue weighted by Crippen LogP contribution is 2.25. The maximum absolute atomic E-state index is 12.2. The molecule has 0 atom stereocenters. The second-order valence-corrected chi connectivity index (χ2v) is 7.53. The van der Waals surface area contributed by atoms with E-state index in [0.29, 0.717) is 5.69 Å². The summed E-state index contributed by atoms with van der Waals surface area (Å²) in [6, 6.07) is 7.60. The SMILES string of the molecule is CN(CC(=O)Nc1ccc(N2CCOCC2)cc1)C(=O)COC(=O)C1CCCC1. The molecule has 2 amide bonds. The topological polar surface area (TPSA) is 88.2 Å². The van der Waals surface area contributed by atoms with Crippen molar-refractivity contribution in [1.29, 1.82) is 0 Å². The van der Waals surface area contributed by atoms with Crippen LogP contribution in [0.4, 0.5) is 11.4 Å². The van der Waals surface area contributed by atoms with Crippen molar-refractivity contribution in [3.8, 4) is 0 Å². The Bertz CT molecular complexity index is 710. The Morgan fingerprint density at radius 2 is 1.79 bits per heavy atom. The molecule has 0 unspecified atom stereocenters. The lowest BCUT2D eigenvalue weighted by Gasteiger charge is -2.28. The first kappa shape index (κ1) is 21.1. The standard InChI is InChI=1S/C21H29N3O5/c1-23(20(26)15-29-21(27)16-4-2-3-5-16)14-19(25)22-17-6-8-18(9-7-17)24-10-12-28-13-11-24/h6-9,16H,2-5,10-15H2,1H3,(H,22,25). The molecule has 1 aliphatic heterocycles. The number of carbonyl (C=O) groups excluding carboxylic acids is 3. The van der Waals surface area contributed by atoms with E-state index in [-0.39, 0.29) is 30.9 Å². The van der Waals surface area contributed by atoms with Crippen molar-refractivity contribution in [3.05, 3.63) is 24.3 Å². The first-order chi connectivity index (χ1) is 14.0. The maximum Gasteiger partial charge on any atom is 0.309 e. The summed E-state index contributed by atoms with van der Waals surface area (Å²) in [6.07, 6.45) is 3.72. The van der Waals surface area contributed by atoms with Crippen molar-refractivity contribution < 1.29 is 23.9 Å². The Hall–Kier alpha value is -2.61. The zero-order chi connectivity index (χ0) is 20.6. The predicted molar refractivity (Wildman–Crippen MR) is 109 cm³/mol. The maximum atomic E-state index is 12.2. The number of amides is 2. The third-order valence-electron chi connectivity index (χ3n) is 5.36. The van der Waals surface area contributed by atoms with Gasteiger partial charge in [0.05, 0.1) is 25.7 Å². The zero-order valence-electron chi connectivity index (χ0n) is 16.9. The van der Waals surface area contributed by atoms with Crippen LogP contribution in [0.2, 0.25) is 0 Å². The van der Waals surface area contributed by atoms with Crippen LogP contribution in [0.5, 0.6) is 0 Å². The normalized spacial score (nSPS) is 17.1. The fraction of sp³-hybridized carbons (Fsp3) is 0.571. The van der Waals surface area contributed by atoms with Crippen molar-refractivity contribution in [2.45, 2.75) is 25.7 Å². The third kappa shape index (κ3) is 6.19. The van der Waals surface area contributed by atoms with E-state index in [1.165, 1.54) is 11.9 Å². The van der Waals surface area contributed by atoms with E-state index < -0.39 is 5.91 Å². The molecule has 1 heterocycles. The highest BCUT2D eigenvalue weighted by atomic mass is 16.5. The number of esters is 1. The molecule has 29 heavy (non-hydrogen) atoms. The van der Waals surface area contributed by atoms with Crippen LogP contribution < -0.4 is 10.2 Å². The summed E-state index contributed by atoms with van der Waals surface area (Å²) < 4.78 is 10.5. The van der Waals surface area contributed by atoms with Crippen molar-refractivity contribution in [2.24, 2.45) is 5.92 Å². The largest absolute Gasteiger partial charge is 0.455 e. The minimum atomic E-state index is -0.394. The summed E-state index contributed by atoms with van der Waals surface area (Å²) in [5.74, 6) is -1.10. The molecule has 1 aromatic rings. The summed E-state index contributed by atoms with van der Waals surface area (Å²) in [7, 11) is 1.52. The highest BCUT2D eigenvalue weighted by molar-refractivity contribution is 5.95. The average molecular weight is 403 g/mol. The molecule has 1 saturated carbocycles. The Kier molecular flexibility index (Phi) is 7.46. The van der Waals surface area contributed by atoms with E-state index in [4.69, 9.17) is 9.47 Å². The number of hydrogen-bond acceptors (Lipinski definition) is 6. The summed E-state index contributed by atoms with van der Waals surface area (Å²) >= 11 is 0. The molecular weight excluding hydrogens is 374 g/mol. The van der Waals surface area contributed by atoms with Crippen LogP contribution in [0.1, 0.15) is 25.7 Å². The minimum Gasteiger partial charge on any atom is -0.455 e. The molecule has 8 heteroatoms. The van der Waals surface area contributed by atoms with Gasteiger partial charge in [-0.15, -0.1) is 0 Å². The Labute approximate surface area is 171 Å². The van der Waals surface area contributed by atoms with Crippen molar-refractivity contribution in [2.75, 3.05) is 56.7 Å². The summed E-state index contributed by atoms with van der Waals surface area (Å²) in [5.41, 5.74) is 1.75. The van der Waals surface area contributed by atoms with Gasteiger partial charge in [-0.2, -0.15) is 0 Å². The Morgan fingerprint density at radius 1 is 1.14 bits per heavy atom. The van der Waals surface area contributed by atoms with Crippen LogP contribution >= 0.6 is 0 Å². The molecule has 1 aliphatic carbocycles. The zero-order valence-corrected chi connectivity index (χ0v) is 16.9. The van der Waals surface area contributed by atoms with Gasteiger partial charge in [0.1, 0.15) is 0 Å². The van der Waals surface area contributed by atoms with E-state index in [0.717, 1.165) is 57.7 Å². The summed E-state index contributed by atoms with van der Waals surface area (Å²) in [4.78, 5) is 39.7. The van der Waals surface area contributed by atoms with Gasteiger partial charge in [0.15, 0.2) is 6.61 Å². The highest BCUT2D eigenvalue weighted by Gasteiger charge is 2.25. The molecule has 0 bridgehead atoms. The van der Waals surface area contributed by atoms with E-state index in [1.807, 2.05) is 24.3 Å². The number of anilines is 2. The minimum absolute atomic E-state index is 0.0863. The number of rotatable bonds is 7. The van der Waals surface area contributed by atoms with E-state index >= 15 is 0 Å². The predicted octanol–water partition coefficient (Wildman–Crippen LogP) is 1.65. The van der Waals surface area contributed by atoms with Crippen molar-refractivity contribution in [3.63, 3.8) is 0 Å². The number of carbonyl (C=O) groups is 3. The van der Waals surface area contributed by atoms with E-state index in [9.17, 15) is 14.4 Å². The molecular formula is C21H29N3O5. The van der Waals surface area contributed by atoms with Gasteiger partial charge in [0.2, 0.25) is 5.91 Å². The summed E-state index contributed by atoms with van der Waals surface area (Å²) in [5, 5.41) is 2.78. The van der Waals surface area contributed by atoms with Crippen LogP contribution in [0.25, 0.3) is 0 Å². The smallest absolute Gasteiger partial charge is 0.309 e. The third-order valence-corrected chi connectivity index (χ3v) is 5.36. The molecule has 2 aliphatic rings. The molecule has 0 radical (unpaired) electrons. The molecule has 3 rings (SSSR count).